The highest BCUT2D eigenvalue weighted by Crippen LogP contribution is 2.57. The van der Waals surface area contributed by atoms with Crippen LogP contribution in [0.2, 0.25) is 0 Å². The third kappa shape index (κ3) is 4.07. The van der Waals surface area contributed by atoms with Crippen molar-refractivity contribution >= 4 is 0 Å². The maximum Gasteiger partial charge on any atom is 0.121 e. The smallest absolute Gasteiger partial charge is 0.121 e. The Morgan fingerprint density at radius 1 is 0.688 bits per heavy atom. The lowest BCUT2D eigenvalue weighted by Crippen LogP contribution is -3.00. The first-order valence-corrected chi connectivity index (χ1v) is 11.9. The van der Waals surface area contributed by atoms with Crippen molar-refractivity contribution in [1.29, 1.82) is 0 Å². The molecular formula is C29H34BrNO. The molecule has 0 aliphatic carbocycles. The lowest BCUT2D eigenvalue weighted by Gasteiger charge is -2.60. The molecule has 0 spiro atoms. The van der Waals surface area contributed by atoms with Crippen LogP contribution in [0.1, 0.15) is 42.4 Å². The summed E-state index contributed by atoms with van der Waals surface area (Å²) in [5, 5.41) is 12.5. The lowest BCUT2D eigenvalue weighted by atomic mass is 9.56. The molecule has 3 aliphatic heterocycles. The van der Waals surface area contributed by atoms with E-state index in [1.807, 2.05) is 12.1 Å². The van der Waals surface area contributed by atoms with Crippen LogP contribution in [0.5, 0.6) is 0 Å². The summed E-state index contributed by atoms with van der Waals surface area (Å²) in [6.07, 6.45) is 5.71. The monoisotopic (exact) mass is 491 g/mol. The molecule has 32 heavy (non-hydrogen) atoms. The summed E-state index contributed by atoms with van der Waals surface area (Å²) in [6, 6.07) is 31.7. The number of rotatable bonds is 7. The summed E-state index contributed by atoms with van der Waals surface area (Å²) in [5.41, 5.74) is 2.55. The Hall–Kier alpha value is -1.94. The number of fused-ring (bicyclic) bond motifs is 3. The average Bonchev–Trinajstić information content (AvgIpc) is 2.86. The Morgan fingerprint density at radius 3 is 1.59 bits per heavy atom. The molecule has 3 aromatic carbocycles. The SMILES string of the molecule is OC(c1ccccc1)(c1ccccc1)C12CC[N+](CCCc3ccccc3)(CC1)CC2.[Br-]. The predicted molar refractivity (Wildman–Crippen MR) is 127 cm³/mol. The number of piperidine rings is 3. The standard InChI is InChI=1S/C29H34NO.BrH/c31-29(26-14-6-2-7-15-26,27-16-8-3-9-17-27)28-18-22-30(23-19-28,24-20-28)21-10-13-25-11-4-1-5-12-25;/h1-9,11-12,14-17,31H,10,13,18-24H2;1H/q+1;/p-1. The van der Waals surface area contributed by atoms with Crippen LogP contribution in [0.3, 0.4) is 0 Å². The predicted octanol–water partition coefficient (Wildman–Crippen LogP) is 2.56. The first-order valence-electron chi connectivity index (χ1n) is 11.9. The Morgan fingerprint density at radius 2 is 1.12 bits per heavy atom. The third-order valence-electron chi connectivity index (χ3n) is 8.29. The number of nitrogens with zero attached hydrogens (tertiary/aromatic N) is 1. The van der Waals surface area contributed by atoms with Crippen molar-refractivity contribution in [2.45, 2.75) is 37.7 Å². The fourth-order valence-corrected chi connectivity index (χ4v) is 6.34. The summed E-state index contributed by atoms with van der Waals surface area (Å²) in [4.78, 5) is 0. The Labute approximate surface area is 203 Å². The molecule has 0 radical (unpaired) electrons. The van der Waals surface area contributed by atoms with Crippen molar-refractivity contribution in [1.82, 2.24) is 0 Å². The Balaban J connectivity index is 0.00000245. The number of quaternary nitrogens is 1. The minimum absolute atomic E-state index is 0. The number of aryl methyl sites for hydroxylation is 1. The molecule has 3 aliphatic rings. The van der Waals surface area contributed by atoms with Gasteiger partial charge in [-0.3, -0.25) is 0 Å². The van der Waals surface area contributed by atoms with E-state index in [9.17, 15) is 5.11 Å². The van der Waals surface area contributed by atoms with Crippen LogP contribution in [0.4, 0.5) is 0 Å². The van der Waals surface area contributed by atoms with Crippen molar-refractivity contribution in [3.8, 4) is 0 Å². The van der Waals surface area contributed by atoms with Crippen molar-refractivity contribution in [2.24, 2.45) is 5.41 Å². The molecule has 0 saturated carbocycles. The highest BCUT2D eigenvalue weighted by Gasteiger charge is 2.60. The first kappa shape index (κ1) is 23.2. The van der Waals surface area contributed by atoms with Gasteiger partial charge in [0.15, 0.2) is 0 Å². The average molecular weight is 493 g/mol. The van der Waals surface area contributed by atoms with Crippen molar-refractivity contribution in [2.75, 3.05) is 26.2 Å². The van der Waals surface area contributed by atoms with Gasteiger partial charge in [-0.2, -0.15) is 0 Å². The zero-order valence-corrected chi connectivity index (χ0v) is 20.4. The summed E-state index contributed by atoms with van der Waals surface area (Å²) in [6.45, 7) is 4.84. The van der Waals surface area contributed by atoms with Crippen LogP contribution >= 0.6 is 0 Å². The van der Waals surface area contributed by atoms with Gasteiger partial charge in [0, 0.05) is 31.1 Å². The van der Waals surface area contributed by atoms with Crippen molar-refractivity contribution < 1.29 is 26.6 Å². The minimum atomic E-state index is -0.921. The third-order valence-corrected chi connectivity index (χ3v) is 8.29. The molecule has 3 heteroatoms. The molecule has 0 atom stereocenters. The van der Waals surface area contributed by atoms with E-state index >= 15 is 0 Å². The van der Waals surface area contributed by atoms with Gasteiger partial charge in [0.1, 0.15) is 5.60 Å². The molecule has 2 bridgehead atoms. The van der Waals surface area contributed by atoms with Crippen LogP contribution in [0.15, 0.2) is 91.0 Å². The van der Waals surface area contributed by atoms with Gasteiger partial charge >= 0.3 is 0 Å². The Bertz CT molecular complexity index is 925. The second-order valence-electron chi connectivity index (χ2n) is 9.80. The molecule has 3 fully saturated rings. The second-order valence-corrected chi connectivity index (χ2v) is 9.80. The number of hydrogen-bond donors (Lipinski definition) is 1. The largest absolute Gasteiger partial charge is 1.00 e. The number of aliphatic hydroxyl groups is 1. The van der Waals surface area contributed by atoms with E-state index in [2.05, 4.69) is 78.9 Å². The summed E-state index contributed by atoms with van der Waals surface area (Å²) < 4.78 is 1.24. The van der Waals surface area contributed by atoms with Crippen LogP contribution in [0.25, 0.3) is 0 Å². The molecule has 6 rings (SSSR count). The molecule has 168 valence electrons. The summed E-state index contributed by atoms with van der Waals surface area (Å²) in [7, 11) is 0. The van der Waals surface area contributed by atoms with Gasteiger partial charge in [-0.05, 0) is 23.1 Å². The molecule has 3 saturated heterocycles. The van der Waals surface area contributed by atoms with Gasteiger partial charge in [-0.25, -0.2) is 0 Å². The topological polar surface area (TPSA) is 20.2 Å². The van der Waals surface area contributed by atoms with Gasteiger partial charge < -0.3 is 26.6 Å². The van der Waals surface area contributed by atoms with Gasteiger partial charge in [0.2, 0.25) is 0 Å². The normalized spacial score (nSPS) is 24.7. The zero-order chi connectivity index (χ0) is 21.2. The molecule has 0 unspecified atom stereocenters. The zero-order valence-electron chi connectivity index (χ0n) is 18.8. The van der Waals surface area contributed by atoms with E-state index in [0.717, 1.165) is 30.4 Å². The first-order chi connectivity index (χ1) is 15.2. The Kier molecular flexibility index (Phi) is 6.90. The molecule has 2 nitrogen and oxygen atoms in total. The maximum atomic E-state index is 12.5. The van der Waals surface area contributed by atoms with Crippen LogP contribution < -0.4 is 17.0 Å². The van der Waals surface area contributed by atoms with Crippen LogP contribution in [0, 0.1) is 5.41 Å². The fraction of sp³-hybridized carbons (Fsp3) is 0.379. The van der Waals surface area contributed by atoms with Gasteiger partial charge in [-0.1, -0.05) is 91.0 Å². The summed E-state index contributed by atoms with van der Waals surface area (Å²) >= 11 is 0. The van der Waals surface area contributed by atoms with E-state index in [0.29, 0.717) is 0 Å². The molecule has 3 aromatic rings. The second kappa shape index (κ2) is 9.51. The fourth-order valence-electron chi connectivity index (χ4n) is 6.34. The van der Waals surface area contributed by atoms with E-state index in [-0.39, 0.29) is 22.4 Å². The molecule has 0 aromatic heterocycles. The molecule has 1 N–H and O–H groups in total. The van der Waals surface area contributed by atoms with Crippen LogP contribution in [-0.2, 0) is 12.0 Å². The summed E-state index contributed by atoms with van der Waals surface area (Å²) in [5.74, 6) is 0. The lowest BCUT2D eigenvalue weighted by molar-refractivity contribution is -0.946. The number of halogens is 1. The highest BCUT2D eigenvalue weighted by atomic mass is 79.9. The van der Waals surface area contributed by atoms with E-state index in [1.54, 1.807) is 0 Å². The van der Waals surface area contributed by atoms with Gasteiger partial charge in [0.25, 0.3) is 0 Å². The number of hydrogen-bond acceptors (Lipinski definition) is 1. The van der Waals surface area contributed by atoms with E-state index in [1.165, 1.54) is 49.1 Å². The minimum Gasteiger partial charge on any atom is -1.00 e. The van der Waals surface area contributed by atoms with Crippen molar-refractivity contribution in [3.05, 3.63) is 108 Å². The van der Waals surface area contributed by atoms with Crippen molar-refractivity contribution in [3.63, 3.8) is 0 Å². The molecule has 3 heterocycles. The quantitative estimate of drug-likeness (QED) is 0.503. The molecule has 0 amide bonds. The molecular weight excluding hydrogens is 458 g/mol. The van der Waals surface area contributed by atoms with Gasteiger partial charge in [-0.15, -0.1) is 0 Å². The van der Waals surface area contributed by atoms with E-state index < -0.39 is 5.60 Å². The maximum absolute atomic E-state index is 12.5. The van der Waals surface area contributed by atoms with Crippen LogP contribution in [-0.4, -0.2) is 35.8 Å². The number of benzene rings is 3. The van der Waals surface area contributed by atoms with E-state index in [4.69, 9.17) is 0 Å². The highest BCUT2D eigenvalue weighted by molar-refractivity contribution is 5.39. The van der Waals surface area contributed by atoms with Gasteiger partial charge in [0.05, 0.1) is 26.2 Å².